The number of halogens is 1. The molecule has 1 aliphatic rings. The lowest BCUT2D eigenvalue weighted by molar-refractivity contribution is -0.124. The number of anilines is 1. The maximum atomic E-state index is 12.3. The first-order valence-corrected chi connectivity index (χ1v) is 13.1. The molecule has 0 fully saturated rings. The fraction of sp³-hybridized carbons (Fsp3) is 0.231. The summed E-state index contributed by atoms with van der Waals surface area (Å²) in [4.78, 5) is 38.8. The molecule has 1 aliphatic heterocycles. The molecule has 2 amide bonds. The van der Waals surface area contributed by atoms with Crippen LogP contribution in [-0.4, -0.2) is 53.9 Å². The molecule has 192 valence electrons. The highest BCUT2D eigenvalue weighted by Crippen LogP contribution is 2.35. The van der Waals surface area contributed by atoms with Crippen LogP contribution in [0, 0.1) is 0 Å². The summed E-state index contributed by atoms with van der Waals surface area (Å²) in [6.07, 6.45) is 0.709. The third kappa shape index (κ3) is 5.99. The van der Waals surface area contributed by atoms with Crippen LogP contribution in [0.4, 0.5) is 5.82 Å². The minimum Gasteiger partial charge on any atom is -0.492 e. The van der Waals surface area contributed by atoms with Crippen LogP contribution >= 0.6 is 35.1 Å². The van der Waals surface area contributed by atoms with E-state index in [-0.39, 0.29) is 18.1 Å². The number of benzene rings is 1. The summed E-state index contributed by atoms with van der Waals surface area (Å²) < 4.78 is 5.89. The molecular formula is C26H26ClN5O3S2. The van der Waals surface area contributed by atoms with Crippen LogP contribution in [0.15, 0.2) is 59.1 Å². The summed E-state index contributed by atoms with van der Waals surface area (Å²) in [5.41, 5.74) is 1.68. The molecule has 0 aliphatic carbocycles. The van der Waals surface area contributed by atoms with Crippen molar-refractivity contribution in [2.24, 2.45) is 0 Å². The summed E-state index contributed by atoms with van der Waals surface area (Å²) in [5.74, 6) is 1.07. The second-order valence-electron chi connectivity index (χ2n) is 8.69. The summed E-state index contributed by atoms with van der Waals surface area (Å²) in [6.45, 7) is 3.09. The predicted molar refractivity (Wildman–Crippen MR) is 151 cm³/mol. The van der Waals surface area contributed by atoms with Crippen LogP contribution in [-0.2, 0) is 16.0 Å². The molecule has 0 spiro atoms. The topological polar surface area (TPSA) is 96.5 Å². The van der Waals surface area contributed by atoms with Crippen LogP contribution in [0.3, 0.4) is 0 Å². The van der Waals surface area contributed by atoms with E-state index in [9.17, 15) is 9.59 Å². The maximum Gasteiger partial charge on any atom is 0.275 e. The lowest BCUT2D eigenvalue weighted by Crippen LogP contribution is -2.24. The average Bonchev–Trinajstić information content (AvgIpc) is 3.56. The third-order valence-corrected chi connectivity index (χ3v) is 7.58. The molecule has 0 atom stereocenters. The van der Waals surface area contributed by atoms with E-state index in [0.29, 0.717) is 30.2 Å². The normalized spacial score (nSPS) is 13.3. The molecule has 4 aromatic rings. The second-order valence-corrected chi connectivity index (χ2v) is 10.8. The van der Waals surface area contributed by atoms with Gasteiger partial charge in [-0.1, -0.05) is 18.2 Å². The Balaban J connectivity index is 0.00000320. The Morgan fingerprint density at radius 3 is 2.62 bits per heavy atom. The van der Waals surface area contributed by atoms with E-state index in [1.54, 1.807) is 29.6 Å². The zero-order chi connectivity index (χ0) is 25.2. The molecule has 8 nitrogen and oxygen atoms in total. The van der Waals surface area contributed by atoms with Crippen molar-refractivity contribution in [2.75, 3.05) is 32.6 Å². The molecule has 3 aromatic heterocycles. The Labute approximate surface area is 228 Å². The second kappa shape index (κ2) is 11.4. The molecule has 2 N–H and O–H groups in total. The molecule has 4 heterocycles. The van der Waals surface area contributed by atoms with Crippen LogP contribution in [0.2, 0.25) is 0 Å². The molecule has 0 saturated heterocycles. The number of ether oxygens (including phenoxy) is 1. The highest BCUT2D eigenvalue weighted by Gasteiger charge is 2.28. The zero-order valence-electron chi connectivity index (χ0n) is 20.5. The van der Waals surface area contributed by atoms with Crippen LogP contribution in [0.25, 0.3) is 20.9 Å². The Hall–Kier alpha value is -3.31. The number of amides is 2. The summed E-state index contributed by atoms with van der Waals surface area (Å²) in [7, 11) is 4.04. The number of imide groups is 1. The van der Waals surface area contributed by atoms with E-state index in [1.807, 2.05) is 49.8 Å². The van der Waals surface area contributed by atoms with Gasteiger partial charge in [0.05, 0.1) is 10.3 Å². The van der Waals surface area contributed by atoms with Gasteiger partial charge in [0.15, 0.2) is 5.82 Å². The number of thiophene rings is 2. The molecule has 1 aromatic carbocycles. The fourth-order valence-corrected chi connectivity index (χ4v) is 5.49. The van der Waals surface area contributed by atoms with Gasteiger partial charge in [-0.3, -0.25) is 14.9 Å². The third-order valence-electron chi connectivity index (χ3n) is 5.68. The number of hydrogen-bond acceptors (Lipinski definition) is 9. The lowest BCUT2D eigenvalue weighted by Gasteiger charge is -2.11. The number of carbonyl (C=O) groups is 2. The summed E-state index contributed by atoms with van der Waals surface area (Å²) in [5, 5.41) is 8.22. The molecule has 0 bridgehead atoms. The quantitative estimate of drug-likeness (QED) is 0.289. The van der Waals surface area contributed by atoms with Crippen molar-refractivity contribution >= 4 is 62.9 Å². The zero-order valence-corrected chi connectivity index (χ0v) is 23.0. The van der Waals surface area contributed by atoms with Crippen molar-refractivity contribution in [2.45, 2.75) is 13.3 Å². The van der Waals surface area contributed by atoms with E-state index in [1.165, 1.54) is 0 Å². The smallest absolute Gasteiger partial charge is 0.275 e. The van der Waals surface area contributed by atoms with Gasteiger partial charge >= 0.3 is 0 Å². The summed E-state index contributed by atoms with van der Waals surface area (Å²) >= 11 is 3.13. The van der Waals surface area contributed by atoms with Crippen molar-refractivity contribution in [1.29, 1.82) is 0 Å². The monoisotopic (exact) mass is 555 g/mol. The minimum atomic E-state index is -0.455. The average molecular weight is 556 g/mol. The van der Waals surface area contributed by atoms with Gasteiger partial charge in [0, 0.05) is 23.4 Å². The molecular weight excluding hydrogens is 530 g/mol. The lowest BCUT2D eigenvalue weighted by atomic mass is 10.1. The molecule has 0 radical (unpaired) electrons. The Bertz CT molecular complexity index is 1480. The molecule has 5 rings (SSSR count). The van der Waals surface area contributed by atoms with E-state index in [4.69, 9.17) is 14.7 Å². The van der Waals surface area contributed by atoms with Crippen molar-refractivity contribution < 1.29 is 14.3 Å². The van der Waals surface area contributed by atoms with E-state index in [0.717, 1.165) is 37.8 Å². The Kier molecular flexibility index (Phi) is 8.23. The van der Waals surface area contributed by atoms with Crippen LogP contribution in [0.1, 0.15) is 17.4 Å². The highest BCUT2D eigenvalue weighted by atomic mass is 35.5. The van der Waals surface area contributed by atoms with Gasteiger partial charge in [0.1, 0.15) is 28.7 Å². The fourth-order valence-electron chi connectivity index (χ4n) is 3.77. The molecule has 37 heavy (non-hydrogen) atoms. The van der Waals surface area contributed by atoms with Gasteiger partial charge in [-0.05, 0) is 56.2 Å². The number of fused-ring (bicyclic) bond motifs is 1. The number of carbonyl (C=O) groups excluding carboxylic acids is 2. The number of aromatic nitrogens is 2. The van der Waals surface area contributed by atoms with Gasteiger partial charge in [-0.25, -0.2) is 9.97 Å². The first-order chi connectivity index (χ1) is 17.4. The Morgan fingerprint density at radius 2 is 1.92 bits per heavy atom. The predicted octanol–water partition coefficient (Wildman–Crippen LogP) is 4.72. The maximum absolute atomic E-state index is 12.3. The van der Waals surface area contributed by atoms with Crippen molar-refractivity contribution in [3.05, 3.63) is 69.6 Å². The van der Waals surface area contributed by atoms with Gasteiger partial charge in [0.2, 0.25) is 0 Å². The largest absolute Gasteiger partial charge is 0.492 e. The molecule has 0 unspecified atom stereocenters. The first kappa shape index (κ1) is 26.7. The van der Waals surface area contributed by atoms with E-state index >= 15 is 0 Å². The number of rotatable bonds is 9. The van der Waals surface area contributed by atoms with E-state index < -0.39 is 11.8 Å². The van der Waals surface area contributed by atoms with Gasteiger partial charge in [0.25, 0.3) is 11.8 Å². The SMILES string of the molecule is CC1=C(Nc2nc(-c3cccs3)nc3sc(Cc4cccc(OCCN(C)C)c4)cc23)C(=O)NC1=O.Cl. The van der Waals surface area contributed by atoms with Crippen molar-refractivity contribution in [1.82, 2.24) is 20.2 Å². The molecule has 0 saturated carbocycles. The van der Waals surface area contributed by atoms with Crippen LogP contribution in [0.5, 0.6) is 5.75 Å². The van der Waals surface area contributed by atoms with Crippen molar-refractivity contribution in [3.8, 4) is 16.5 Å². The molecule has 11 heteroatoms. The number of hydrogen-bond donors (Lipinski definition) is 2. The van der Waals surface area contributed by atoms with Crippen LogP contribution < -0.4 is 15.4 Å². The number of nitrogens with one attached hydrogen (secondary N) is 2. The first-order valence-electron chi connectivity index (χ1n) is 11.4. The highest BCUT2D eigenvalue weighted by molar-refractivity contribution is 7.18. The number of nitrogens with zero attached hydrogens (tertiary/aromatic N) is 3. The minimum absolute atomic E-state index is 0. The van der Waals surface area contributed by atoms with E-state index in [2.05, 4.69) is 27.7 Å². The standard InChI is InChI=1S/C26H25N5O3S2.ClH/c1-15-21(25(33)30-24(15)32)27-22-19-14-18(36-26(19)29-23(28-22)20-8-5-11-35-20)13-16-6-4-7-17(12-16)34-10-9-31(2)3;/h4-8,11-12,14H,9-10,13H2,1-3H3,(H2,27,28,29,30,32,33);1H. The van der Waals surface area contributed by atoms with Gasteiger partial charge in [-0.15, -0.1) is 35.1 Å². The van der Waals surface area contributed by atoms with Gasteiger partial charge in [-0.2, -0.15) is 0 Å². The van der Waals surface area contributed by atoms with Crippen molar-refractivity contribution in [3.63, 3.8) is 0 Å². The Morgan fingerprint density at radius 1 is 1.08 bits per heavy atom. The summed E-state index contributed by atoms with van der Waals surface area (Å²) in [6, 6.07) is 14.1. The number of likely N-dealkylation sites (N-methyl/N-ethyl adjacent to an activating group) is 1. The van der Waals surface area contributed by atoms with Gasteiger partial charge < -0.3 is 15.0 Å².